The van der Waals surface area contributed by atoms with Crippen LogP contribution in [0.3, 0.4) is 0 Å². The summed E-state index contributed by atoms with van der Waals surface area (Å²) in [6.45, 7) is 9.83. The second kappa shape index (κ2) is 7.55. The van der Waals surface area contributed by atoms with Gasteiger partial charge >= 0.3 is 0 Å². The topological polar surface area (TPSA) is 89.2 Å². The average molecular weight is 346 g/mol. The molecule has 2 aromatic heterocycles. The zero-order chi connectivity index (χ0) is 18.6. The summed E-state index contributed by atoms with van der Waals surface area (Å²) < 4.78 is 6.93. The summed E-state index contributed by atoms with van der Waals surface area (Å²) in [6.07, 6.45) is 5.14. The van der Waals surface area contributed by atoms with Crippen molar-refractivity contribution in [3.63, 3.8) is 0 Å². The van der Waals surface area contributed by atoms with Gasteiger partial charge in [-0.2, -0.15) is 5.10 Å². The fourth-order valence-electron chi connectivity index (χ4n) is 2.45. The number of unbranched alkanes of at least 4 members (excludes halogenated alkanes) is 1. The lowest BCUT2D eigenvalue weighted by Crippen LogP contribution is -2.45. The SMILES string of the molecule is CCCCNC(=O)C(C)(C)n1cc(NC(=O)c2cc(C)oc2C)cn1. The van der Waals surface area contributed by atoms with Crippen molar-refractivity contribution in [1.29, 1.82) is 0 Å². The Morgan fingerprint density at radius 3 is 2.64 bits per heavy atom. The molecule has 0 radical (unpaired) electrons. The van der Waals surface area contributed by atoms with Gasteiger partial charge in [0.25, 0.3) is 5.91 Å². The number of amides is 2. The molecule has 2 rings (SSSR count). The van der Waals surface area contributed by atoms with Gasteiger partial charge in [0.2, 0.25) is 5.91 Å². The van der Waals surface area contributed by atoms with E-state index in [1.54, 1.807) is 44.6 Å². The number of aromatic nitrogens is 2. The molecule has 7 heteroatoms. The van der Waals surface area contributed by atoms with Gasteiger partial charge in [0.05, 0.1) is 17.4 Å². The predicted octanol–water partition coefficient (Wildman–Crippen LogP) is 3.00. The van der Waals surface area contributed by atoms with Crippen LogP contribution in [0.4, 0.5) is 5.69 Å². The molecule has 0 aromatic carbocycles. The van der Waals surface area contributed by atoms with E-state index in [4.69, 9.17) is 4.42 Å². The summed E-state index contributed by atoms with van der Waals surface area (Å²) >= 11 is 0. The Hall–Kier alpha value is -2.57. The smallest absolute Gasteiger partial charge is 0.259 e. The molecular weight excluding hydrogens is 320 g/mol. The zero-order valence-electron chi connectivity index (χ0n) is 15.5. The first-order valence-corrected chi connectivity index (χ1v) is 8.47. The second-order valence-electron chi connectivity index (χ2n) is 6.62. The first-order chi connectivity index (χ1) is 11.8. The van der Waals surface area contributed by atoms with E-state index in [2.05, 4.69) is 22.7 Å². The lowest BCUT2D eigenvalue weighted by Gasteiger charge is -2.24. The number of anilines is 1. The third-order valence-corrected chi connectivity index (χ3v) is 4.07. The molecular formula is C18H26N4O3. The zero-order valence-corrected chi connectivity index (χ0v) is 15.5. The summed E-state index contributed by atoms with van der Waals surface area (Å²) in [5.74, 6) is 0.878. The monoisotopic (exact) mass is 346 g/mol. The summed E-state index contributed by atoms with van der Waals surface area (Å²) in [5.41, 5.74) is 0.165. The Balaban J connectivity index is 2.07. The van der Waals surface area contributed by atoms with Crippen molar-refractivity contribution >= 4 is 17.5 Å². The highest BCUT2D eigenvalue weighted by atomic mass is 16.3. The molecule has 0 fully saturated rings. The molecule has 0 aliphatic heterocycles. The molecule has 25 heavy (non-hydrogen) atoms. The van der Waals surface area contributed by atoms with Gasteiger partial charge in [-0.25, -0.2) is 0 Å². The van der Waals surface area contributed by atoms with Gasteiger partial charge < -0.3 is 15.1 Å². The number of nitrogens with one attached hydrogen (secondary N) is 2. The van der Waals surface area contributed by atoms with Crippen LogP contribution < -0.4 is 10.6 Å². The Morgan fingerprint density at radius 2 is 2.04 bits per heavy atom. The van der Waals surface area contributed by atoms with E-state index in [1.807, 2.05) is 0 Å². The van der Waals surface area contributed by atoms with Crippen LogP contribution in [-0.2, 0) is 10.3 Å². The van der Waals surface area contributed by atoms with Crippen molar-refractivity contribution in [3.05, 3.63) is 35.5 Å². The molecule has 136 valence electrons. The number of carbonyl (C=O) groups is 2. The Labute approximate surface area is 147 Å². The van der Waals surface area contributed by atoms with Crippen LogP contribution in [0.2, 0.25) is 0 Å². The molecule has 0 bridgehead atoms. The summed E-state index contributed by atoms with van der Waals surface area (Å²) in [7, 11) is 0. The molecule has 0 aliphatic carbocycles. The maximum absolute atomic E-state index is 12.4. The summed E-state index contributed by atoms with van der Waals surface area (Å²) in [4.78, 5) is 24.7. The molecule has 0 saturated heterocycles. The minimum absolute atomic E-state index is 0.108. The van der Waals surface area contributed by atoms with Crippen molar-refractivity contribution in [2.24, 2.45) is 0 Å². The minimum Gasteiger partial charge on any atom is -0.466 e. The maximum Gasteiger partial charge on any atom is 0.259 e. The van der Waals surface area contributed by atoms with E-state index in [1.165, 1.54) is 6.20 Å². The molecule has 0 aliphatic rings. The first-order valence-electron chi connectivity index (χ1n) is 8.47. The highest BCUT2D eigenvalue weighted by molar-refractivity contribution is 6.04. The average Bonchev–Trinajstić information content (AvgIpc) is 3.14. The maximum atomic E-state index is 12.4. The molecule has 0 unspecified atom stereocenters. The first kappa shape index (κ1) is 18.8. The number of furan rings is 1. The highest BCUT2D eigenvalue weighted by Gasteiger charge is 2.30. The van der Waals surface area contributed by atoms with Crippen molar-refractivity contribution < 1.29 is 14.0 Å². The minimum atomic E-state index is -0.848. The van der Waals surface area contributed by atoms with Gasteiger partial charge in [0.15, 0.2) is 0 Å². The Kier molecular flexibility index (Phi) is 5.66. The molecule has 0 saturated carbocycles. The van der Waals surface area contributed by atoms with Gasteiger partial charge in [0.1, 0.15) is 17.1 Å². The van der Waals surface area contributed by atoms with E-state index in [0.717, 1.165) is 12.8 Å². The molecule has 2 N–H and O–H groups in total. The normalized spacial score (nSPS) is 11.4. The second-order valence-corrected chi connectivity index (χ2v) is 6.62. The lowest BCUT2D eigenvalue weighted by atomic mass is 10.1. The third kappa shape index (κ3) is 4.29. The molecule has 2 heterocycles. The quantitative estimate of drug-likeness (QED) is 0.754. The van der Waals surface area contributed by atoms with E-state index >= 15 is 0 Å². The number of aryl methyl sites for hydroxylation is 2. The van der Waals surface area contributed by atoms with Crippen LogP contribution in [0, 0.1) is 13.8 Å². The van der Waals surface area contributed by atoms with Crippen LogP contribution in [0.15, 0.2) is 22.9 Å². The molecule has 0 spiro atoms. The lowest BCUT2D eigenvalue weighted by molar-refractivity contribution is -0.128. The molecule has 2 aromatic rings. The Bertz CT molecular complexity index is 758. The number of carbonyl (C=O) groups excluding carboxylic acids is 2. The van der Waals surface area contributed by atoms with Crippen molar-refractivity contribution in [2.75, 3.05) is 11.9 Å². The van der Waals surface area contributed by atoms with Gasteiger partial charge in [-0.1, -0.05) is 13.3 Å². The molecule has 7 nitrogen and oxygen atoms in total. The van der Waals surface area contributed by atoms with Crippen LogP contribution >= 0.6 is 0 Å². The summed E-state index contributed by atoms with van der Waals surface area (Å²) in [5, 5.41) is 9.92. The number of rotatable bonds is 7. The van der Waals surface area contributed by atoms with E-state index in [-0.39, 0.29) is 11.8 Å². The molecule has 0 atom stereocenters. The van der Waals surface area contributed by atoms with E-state index in [0.29, 0.717) is 29.3 Å². The van der Waals surface area contributed by atoms with Crippen molar-refractivity contribution in [3.8, 4) is 0 Å². The standard InChI is InChI=1S/C18H26N4O3/c1-6-7-8-19-17(24)18(4,5)22-11-14(10-20-22)21-16(23)15-9-12(2)25-13(15)3/h9-11H,6-8H2,1-5H3,(H,19,24)(H,21,23). The van der Waals surface area contributed by atoms with Crippen LogP contribution in [0.5, 0.6) is 0 Å². The largest absolute Gasteiger partial charge is 0.466 e. The highest BCUT2D eigenvalue weighted by Crippen LogP contribution is 2.19. The van der Waals surface area contributed by atoms with E-state index < -0.39 is 5.54 Å². The van der Waals surface area contributed by atoms with Crippen LogP contribution in [0.25, 0.3) is 0 Å². The van der Waals surface area contributed by atoms with Crippen molar-refractivity contribution in [2.45, 2.75) is 53.0 Å². The number of nitrogens with zero attached hydrogens (tertiary/aromatic N) is 2. The van der Waals surface area contributed by atoms with Gasteiger partial charge in [-0.05, 0) is 40.2 Å². The number of hydrogen-bond acceptors (Lipinski definition) is 4. The van der Waals surface area contributed by atoms with Crippen molar-refractivity contribution in [1.82, 2.24) is 15.1 Å². The predicted molar refractivity (Wildman–Crippen MR) is 95.6 cm³/mol. The fourth-order valence-corrected chi connectivity index (χ4v) is 2.45. The Morgan fingerprint density at radius 1 is 1.32 bits per heavy atom. The van der Waals surface area contributed by atoms with Gasteiger partial charge in [-0.15, -0.1) is 0 Å². The fraction of sp³-hybridized carbons (Fsp3) is 0.500. The molecule has 2 amide bonds. The van der Waals surface area contributed by atoms with Gasteiger partial charge in [0, 0.05) is 12.7 Å². The number of hydrogen-bond donors (Lipinski definition) is 2. The van der Waals surface area contributed by atoms with E-state index in [9.17, 15) is 9.59 Å². The van der Waals surface area contributed by atoms with Crippen LogP contribution in [0.1, 0.15) is 55.5 Å². The van der Waals surface area contributed by atoms with Gasteiger partial charge in [-0.3, -0.25) is 14.3 Å². The van der Waals surface area contributed by atoms with Crippen LogP contribution in [-0.4, -0.2) is 28.1 Å². The third-order valence-electron chi connectivity index (χ3n) is 4.07. The summed E-state index contributed by atoms with van der Waals surface area (Å²) in [6, 6.07) is 1.69.